The van der Waals surface area contributed by atoms with Gasteiger partial charge < -0.3 is 15.0 Å². The lowest BCUT2D eigenvalue weighted by Gasteiger charge is -2.17. The molecule has 0 aliphatic carbocycles. The third-order valence-electron chi connectivity index (χ3n) is 3.57. The van der Waals surface area contributed by atoms with E-state index in [2.05, 4.69) is 5.32 Å². The van der Waals surface area contributed by atoms with Crippen LogP contribution in [0, 0.1) is 5.82 Å². The van der Waals surface area contributed by atoms with Gasteiger partial charge in [-0.05, 0) is 44.0 Å². The summed E-state index contributed by atoms with van der Waals surface area (Å²) in [5.74, 6) is 0.0732. The lowest BCUT2D eigenvalue weighted by Crippen LogP contribution is -2.38. The number of hydrogen-bond donors (Lipinski definition) is 1. The lowest BCUT2D eigenvalue weighted by atomic mass is 10.3. The first kappa shape index (κ1) is 16.3. The van der Waals surface area contributed by atoms with E-state index in [1.54, 1.807) is 6.92 Å². The number of hydrogen-bond acceptors (Lipinski definition) is 3. The molecule has 0 spiro atoms. The molecule has 5 nitrogen and oxygen atoms in total. The molecule has 2 amide bonds. The summed E-state index contributed by atoms with van der Waals surface area (Å²) >= 11 is 0. The summed E-state index contributed by atoms with van der Waals surface area (Å²) in [6, 6.07) is 5.54. The maximum atomic E-state index is 12.8. The first-order valence-electron chi connectivity index (χ1n) is 7.54. The smallest absolute Gasteiger partial charge is 0.260 e. The van der Waals surface area contributed by atoms with E-state index >= 15 is 0 Å². The van der Waals surface area contributed by atoms with Crippen molar-refractivity contribution in [1.29, 1.82) is 0 Å². The number of carbonyl (C=O) groups excluding carboxylic acids is 2. The van der Waals surface area contributed by atoms with Crippen LogP contribution in [0.3, 0.4) is 0 Å². The van der Waals surface area contributed by atoms with Crippen LogP contribution in [0.2, 0.25) is 0 Å². The van der Waals surface area contributed by atoms with E-state index in [4.69, 9.17) is 4.74 Å². The summed E-state index contributed by atoms with van der Waals surface area (Å²) in [4.78, 5) is 25.1. The molecule has 0 unspecified atom stereocenters. The predicted molar refractivity (Wildman–Crippen MR) is 79.9 cm³/mol. The molecule has 1 atom stereocenters. The van der Waals surface area contributed by atoms with Crippen molar-refractivity contribution in [2.75, 3.05) is 19.6 Å². The molecule has 1 aliphatic heterocycles. The Morgan fingerprint density at radius 3 is 2.77 bits per heavy atom. The number of benzene rings is 1. The van der Waals surface area contributed by atoms with Crippen molar-refractivity contribution in [2.24, 2.45) is 0 Å². The van der Waals surface area contributed by atoms with Gasteiger partial charge in [0.1, 0.15) is 11.6 Å². The number of likely N-dealkylation sites (tertiary alicyclic amines) is 1. The molecule has 0 saturated carbocycles. The Bertz CT molecular complexity index is 519. The van der Waals surface area contributed by atoms with E-state index in [-0.39, 0.29) is 17.6 Å². The van der Waals surface area contributed by atoms with Gasteiger partial charge in [0.15, 0.2) is 6.10 Å². The van der Waals surface area contributed by atoms with Crippen LogP contribution in [-0.4, -0.2) is 42.5 Å². The molecule has 0 bridgehead atoms. The highest BCUT2D eigenvalue weighted by Crippen LogP contribution is 2.13. The Hall–Kier alpha value is -2.11. The second-order valence-corrected chi connectivity index (χ2v) is 5.34. The number of rotatable bonds is 7. The van der Waals surface area contributed by atoms with E-state index in [0.29, 0.717) is 25.3 Å². The average molecular weight is 308 g/mol. The molecule has 6 heteroatoms. The molecular weight excluding hydrogens is 287 g/mol. The van der Waals surface area contributed by atoms with Gasteiger partial charge in [-0.25, -0.2) is 4.39 Å². The van der Waals surface area contributed by atoms with E-state index < -0.39 is 6.10 Å². The van der Waals surface area contributed by atoms with Crippen LogP contribution in [0.5, 0.6) is 5.75 Å². The maximum Gasteiger partial charge on any atom is 0.260 e. The van der Waals surface area contributed by atoms with E-state index in [1.165, 1.54) is 24.3 Å². The number of halogens is 1. The Balaban J connectivity index is 1.65. The van der Waals surface area contributed by atoms with E-state index in [9.17, 15) is 14.0 Å². The highest BCUT2D eigenvalue weighted by molar-refractivity contribution is 5.80. The van der Waals surface area contributed by atoms with Crippen molar-refractivity contribution in [3.63, 3.8) is 0 Å². The number of carbonyl (C=O) groups is 2. The van der Waals surface area contributed by atoms with Gasteiger partial charge in [-0.15, -0.1) is 0 Å². The van der Waals surface area contributed by atoms with Crippen molar-refractivity contribution < 1.29 is 18.7 Å². The van der Waals surface area contributed by atoms with Gasteiger partial charge >= 0.3 is 0 Å². The van der Waals surface area contributed by atoms with Crippen LogP contribution in [0.1, 0.15) is 26.2 Å². The highest BCUT2D eigenvalue weighted by atomic mass is 19.1. The molecule has 1 aromatic carbocycles. The molecule has 1 heterocycles. The van der Waals surface area contributed by atoms with E-state index in [0.717, 1.165) is 19.4 Å². The van der Waals surface area contributed by atoms with Gasteiger partial charge in [0.05, 0.1) is 0 Å². The standard InChI is InChI=1S/C16H21FN2O3/c1-12(22-14-7-5-13(17)6-8-14)16(21)18-9-3-11-19-10-2-4-15(19)20/h5-8,12H,2-4,9-11H2,1H3,(H,18,21)/t12-/m1/s1. The van der Waals surface area contributed by atoms with Gasteiger partial charge in [0.2, 0.25) is 5.91 Å². The number of nitrogens with zero attached hydrogens (tertiary/aromatic N) is 1. The normalized spacial score (nSPS) is 15.7. The van der Waals surface area contributed by atoms with Crippen LogP contribution >= 0.6 is 0 Å². The van der Waals surface area contributed by atoms with Crippen LogP contribution in [0.25, 0.3) is 0 Å². The quantitative estimate of drug-likeness (QED) is 0.780. The fourth-order valence-electron chi connectivity index (χ4n) is 2.34. The number of amides is 2. The molecule has 0 radical (unpaired) electrons. The lowest BCUT2D eigenvalue weighted by molar-refractivity contribution is -0.127. The number of ether oxygens (including phenoxy) is 1. The maximum absolute atomic E-state index is 12.8. The van der Waals surface area contributed by atoms with Crippen molar-refractivity contribution in [3.05, 3.63) is 30.1 Å². The zero-order chi connectivity index (χ0) is 15.9. The first-order valence-corrected chi connectivity index (χ1v) is 7.54. The van der Waals surface area contributed by atoms with Crippen molar-refractivity contribution in [3.8, 4) is 5.75 Å². The van der Waals surface area contributed by atoms with Crippen LogP contribution in [0.15, 0.2) is 24.3 Å². The van der Waals surface area contributed by atoms with Gasteiger partial charge in [-0.3, -0.25) is 9.59 Å². The fourth-order valence-corrected chi connectivity index (χ4v) is 2.34. The van der Waals surface area contributed by atoms with Crippen LogP contribution in [0.4, 0.5) is 4.39 Å². The third-order valence-corrected chi connectivity index (χ3v) is 3.57. The molecule has 0 aromatic heterocycles. The molecule has 120 valence electrons. The average Bonchev–Trinajstić information content (AvgIpc) is 2.91. The molecule has 2 rings (SSSR count). The topological polar surface area (TPSA) is 58.6 Å². The van der Waals surface area contributed by atoms with Crippen molar-refractivity contribution >= 4 is 11.8 Å². The Kier molecular flexibility index (Phi) is 5.75. The van der Waals surface area contributed by atoms with E-state index in [1.807, 2.05) is 4.90 Å². The summed E-state index contributed by atoms with van der Waals surface area (Å²) in [7, 11) is 0. The highest BCUT2D eigenvalue weighted by Gasteiger charge is 2.19. The molecule has 1 aliphatic rings. The molecule has 1 fully saturated rings. The number of nitrogens with one attached hydrogen (secondary N) is 1. The minimum absolute atomic E-state index is 0.194. The fraction of sp³-hybridized carbons (Fsp3) is 0.500. The summed E-state index contributed by atoms with van der Waals surface area (Å²) in [6.45, 7) is 3.63. The van der Waals surface area contributed by atoms with Gasteiger partial charge in [-0.1, -0.05) is 0 Å². The first-order chi connectivity index (χ1) is 10.6. The molecule has 1 N–H and O–H groups in total. The SMILES string of the molecule is C[C@@H](Oc1ccc(F)cc1)C(=O)NCCCN1CCCC1=O. The summed E-state index contributed by atoms with van der Waals surface area (Å²) < 4.78 is 18.2. The van der Waals surface area contributed by atoms with Gasteiger partial charge in [0.25, 0.3) is 5.91 Å². The minimum atomic E-state index is -0.654. The molecule has 1 aromatic rings. The van der Waals surface area contributed by atoms with Gasteiger partial charge in [-0.2, -0.15) is 0 Å². The molecule has 1 saturated heterocycles. The largest absolute Gasteiger partial charge is 0.481 e. The Morgan fingerprint density at radius 1 is 1.41 bits per heavy atom. The molecular formula is C16H21FN2O3. The summed E-state index contributed by atoms with van der Waals surface area (Å²) in [6.07, 6.45) is 1.63. The van der Waals surface area contributed by atoms with Gasteiger partial charge in [0, 0.05) is 26.1 Å². The minimum Gasteiger partial charge on any atom is -0.481 e. The van der Waals surface area contributed by atoms with Crippen LogP contribution in [-0.2, 0) is 9.59 Å². The Labute approximate surface area is 129 Å². The van der Waals surface area contributed by atoms with Crippen molar-refractivity contribution in [1.82, 2.24) is 10.2 Å². The monoisotopic (exact) mass is 308 g/mol. The van der Waals surface area contributed by atoms with Crippen molar-refractivity contribution in [2.45, 2.75) is 32.3 Å². The summed E-state index contributed by atoms with van der Waals surface area (Å²) in [5.41, 5.74) is 0. The zero-order valence-electron chi connectivity index (χ0n) is 12.7. The predicted octanol–water partition coefficient (Wildman–Crippen LogP) is 1.72. The summed E-state index contributed by atoms with van der Waals surface area (Å²) in [5, 5.41) is 2.78. The Morgan fingerprint density at radius 2 is 2.14 bits per heavy atom. The second kappa shape index (κ2) is 7.77. The molecule has 22 heavy (non-hydrogen) atoms. The third kappa shape index (κ3) is 4.72. The zero-order valence-corrected chi connectivity index (χ0v) is 12.7. The van der Waals surface area contributed by atoms with Crippen LogP contribution < -0.4 is 10.1 Å². The second-order valence-electron chi connectivity index (χ2n) is 5.34.